The van der Waals surface area contributed by atoms with Crippen molar-refractivity contribution in [1.82, 2.24) is 14.5 Å². The zero-order valence-corrected chi connectivity index (χ0v) is 22.7. The van der Waals surface area contributed by atoms with Crippen molar-refractivity contribution in [2.24, 2.45) is 10.9 Å². The Hall–Kier alpha value is -4.66. The smallest absolute Gasteiger partial charge is 0.326 e. The Morgan fingerprint density at radius 3 is 2.67 bits per heavy atom. The third kappa shape index (κ3) is 6.48. The lowest BCUT2D eigenvalue weighted by Crippen LogP contribution is -2.32. The molecule has 9 heteroatoms. The van der Waals surface area contributed by atoms with Gasteiger partial charge in [-0.2, -0.15) is 0 Å². The van der Waals surface area contributed by atoms with Crippen molar-refractivity contribution in [3.63, 3.8) is 0 Å². The first kappa shape index (κ1) is 26.9. The topological polar surface area (TPSA) is 114 Å². The Labute approximate surface area is 234 Å². The number of carboxylic acids is 1. The van der Waals surface area contributed by atoms with Gasteiger partial charge in [0.05, 0.1) is 19.5 Å². The number of ether oxygens (including phenoxy) is 1. The molecule has 4 aromatic rings. The van der Waals surface area contributed by atoms with Gasteiger partial charge in [0.2, 0.25) is 5.90 Å². The molecule has 0 spiro atoms. The lowest BCUT2D eigenvalue weighted by Gasteiger charge is -2.23. The molecule has 0 aliphatic carbocycles. The van der Waals surface area contributed by atoms with Crippen LogP contribution in [-0.2, 0) is 22.4 Å². The van der Waals surface area contributed by atoms with Crippen LogP contribution in [0.5, 0.6) is 0 Å². The van der Waals surface area contributed by atoms with Crippen LogP contribution in [-0.4, -0.2) is 57.2 Å². The molecule has 3 N–H and O–H groups in total. The van der Waals surface area contributed by atoms with Gasteiger partial charge in [-0.25, -0.2) is 14.8 Å². The number of aliphatic carboxylic acids is 1. The number of aliphatic imine (C=N–C) groups is 1. The fourth-order valence-corrected chi connectivity index (χ4v) is 4.80. The van der Waals surface area contributed by atoms with Crippen LogP contribution < -0.4 is 10.6 Å². The predicted octanol–water partition coefficient (Wildman–Crippen LogP) is 4.75. The van der Waals surface area contributed by atoms with E-state index in [1.807, 2.05) is 66.2 Å². The number of pyridine rings is 1. The van der Waals surface area contributed by atoms with Crippen molar-refractivity contribution >= 4 is 23.4 Å². The molecule has 0 bridgehead atoms. The minimum atomic E-state index is -0.894. The molecular formula is C31H34N6O3. The van der Waals surface area contributed by atoms with Crippen LogP contribution in [0.25, 0.3) is 5.69 Å². The number of rotatable bonds is 11. The van der Waals surface area contributed by atoms with Crippen LogP contribution in [0.3, 0.4) is 0 Å². The molecule has 1 aliphatic heterocycles. The van der Waals surface area contributed by atoms with E-state index in [0.29, 0.717) is 25.5 Å². The van der Waals surface area contributed by atoms with Crippen LogP contribution in [0.15, 0.2) is 84.5 Å². The van der Waals surface area contributed by atoms with Crippen LogP contribution in [0.4, 0.5) is 11.5 Å². The minimum absolute atomic E-state index is 0.262. The quantitative estimate of drug-likeness (QED) is 0.253. The summed E-state index contributed by atoms with van der Waals surface area (Å²) in [5.74, 6) is 0.830. The van der Waals surface area contributed by atoms with Crippen LogP contribution in [0.2, 0.25) is 0 Å². The second kappa shape index (κ2) is 12.5. The molecule has 0 saturated heterocycles. The summed E-state index contributed by atoms with van der Waals surface area (Å²) in [5.41, 5.74) is 5.73. The van der Waals surface area contributed by atoms with Gasteiger partial charge in [-0.15, -0.1) is 0 Å². The van der Waals surface area contributed by atoms with Gasteiger partial charge in [0.25, 0.3) is 0 Å². The van der Waals surface area contributed by atoms with Crippen molar-refractivity contribution in [2.45, 2.75) is 32.7 Å². The molecule has 2 atom stereocenters. The summed E-state index contributed by atoms with van der Waals surface area (Å²) in [7, 11) is 0. The highest BCUT2D eigenvalue weighted by Crippen LogP contribution is 2.27. The van der Waals surface area contributed by atoms with Crippen molar-refractivity contribution in [2.75, 3.05) is 30.3 Å². The summed E-state index contributed by atoms with van der Waals surface area (Å²) in [5, 5.41) is 16.7. The maximum absolute atomic E-state index is 12.2. The molecular weight excluding hydrogens is 504 g/mol. The summed E-state index contributed by atoms with van der Waals surface area (Å²) in [6, 6.07) is 16.9. The third-order valence-corrected chi connectivity index (χ3v) is 7.03. The maximum atomic E-state index is 12.2. The molecule has 9 nitrogen and oxygen atoms in total. The maximum Gasteiger partial charge on any atom is 0.326 e. The lowest BCUT2D eigenvalue weighted by atomic mass is 10.0. The average molecular weight is 539 g/mol. The normalized spacial score (nSPS) is 15.6. The molecule has 2 aromatic heterocycles. The number of carbonyl (C=O) groups is 1. The van der Waals surface area contributed by atoms with Gasteiger partial charge in [0.15, 0.2) is 0 Å². The summed E-state index contributed by atoms with van der Waals surface area (Å²) in [6.07, 6.45) is 8.27. The van der Waals surface area contributed by atoms with Gasteiger partial charge in [-0.1, -0.05) is 25.1 Å². The lowest BCUT2D eigenvalue weighted by molar-refractivity contribution is -0.137. The number of benzene rings is 2. The average Bonchev–Trinajstić information content (AvgIpc) is 3.53. The molecule has 0 amide bonds. The van der Waals surface area contributed by atoms with E-state index in [1.165, 1.54) is 0 Å². The van der Waals surface area contributed by atoms with Gasteiger partial charge in [0.1, 0.15) is 11.9 Å². The Morgan fingerprint density at radius 2 is 2.02 bits per heavy atom. The van der Waals surface area contributed by atoms with Gasteiger partial charge in [-0.05, 0) is 66.4 Å². The van der Waals surface area contributed by atoms with Gasteiger partial charge >= 0.3 is 5.97 Å². The van der Waals surface area contributed by atoms with Crippen molar-refractivity contribution in [3.8, 4) is 5.69 Å². The molecule has 5 rings (SSSR count). The van der Waals surface area contributed by atoms with E-state index in [2.05, 4.69) is 38.6 Å². The fourth-order valence-electron chi connectivity index (χ4n) is 4.80. The van der Waals surface area contributed by atoms with E-state index in [1.54, 1.807) is 18.7 Å². The molecule has 40 heavy (non-hydrogen) atoms. The second-order valence-electron chi connectivity index (χ2n) is 9.98. The minimum Gasteiger partial charge on any atom is -0.480 e. The summed E-state index contributed by atoms with van der Waals surface area (Å²) in [6.45, 7) is 6.05. The van der Waals surface area contributed by atoms with E-state index in [0.717, 1.165) is 52.4 Å². The number of anilines is 2. The number of aromatic nitrogens is 3. The zero-order valence-electron chi connectivity index (χ0n) is 22.7. The van der Waals surface area contributed by atoms with E-state index < -0.39 is 12.0 Å². The third-order valence-electron chi connectivity index (χ3n) is 7.03. The molecule has 2 unspecified atom stereocenters. The van der Waals surface area contributed by atoms with Gasteiger partial charge in [0, 0.05) is 54.4 Å². The number of hydrogen-bond acceptors (Lipinski definition) is 7. The number of carboxylic acid groups (broad SMARTS) is 1. The van der Waals surface area contributed by atoms with E-state index in [-0.39, 0.29) is 5.92 Å². The second-order valence-corrected chi connectivity index (χ2v) is 9.98. The van der Waals surface area contributed by atoms with Crippen LogP contribution >= 0.6 is 0 Å². The SMILES string of the molecule is CCc1cc(-n2ccnc2)cc(C)c1NC(Cc1ccc(C2=NCC(CNc3ccccn3)CO2)cc1)C(=O)O. The molecule has 206 valence electrons. The highest BCUT2D eigenvalue weighted by molar-refractivity contribution is 5.94. The van der Waals surface area contributed by atoms with Crippen LogP contribution in [0, 0.1) is 12.8 Å². The number of aryl methyl sites for hydroxylation is 2. The van der Waals surface area contributed by atoms with Crippen molar-refractivity contribution in [3.05, 3.63) is 102 Å². The van der Waals surface area contributed by atoms with Crippen molar-refractivity contribution < 1.29 is 14.6 Å². The Kier molecular flexibility index (Phi) is 8.39. The van der Waals surface area contributed by atoms with E-state index in [9.17, 15) is 9.90 Å². The molecule has 0 saturated carbocycles. The standard InChI is InChI=1S/C31H34N6O3/c1-3-24-16-26(37-13-12-32-20-37)14-21(2)29(24)36-27(31(38)39)15-22-7-9-25(10-8-22)30-35-18-23(19-40-30)17-34-28-6-4-5-11-33-28/h4-14,16,20,23,27,36H,3,15,17-19H2,1-2H3,(H,33,34)(H,38,39). The summed E-state index contributed by atoms with van der Waals surface area (Å²) >= 11 is 0. The summed E-state index contributed by atoms with van der Waals surface area (Å²) in [4.78, 5) is 25.3. The monoisotopic (exact) mass is 538 g/mol. The number of hydrogen-bond donors (Lipinski definition) is 3. The fraction of sp³-hybridized carbons (Fsp3) is 0.290. The Balaban J connectivity index is 1.22. The molecule has 3 heterocycles. The molecule has 0 radical (unpaired) electrons. The van der Waals surface area contributed by atoms with E-state index in [4.69, 9.17) is 4.74 Å². The first-order valence-corrected chi connectivity index (χ1v) is 13.5. The number of imidazole rings is 1. The van der Waals surface area contributed by atoms with Gasteiger partial charge < -0.3 is 25.0 Å². The van der Waals surface area contributed by atoms with Gasteiger partial charge in [-0.3, -0.25) is 4.99 Å². The number of nitrogens with zero attached hydrogens (tertiary/aromatic N) is 4. The predicted molar refractivity (Wildman–Crippen MR) is 156 cm³/mol. The van der Waals surface area contributed by atoms with E-state index >= 15 is 0 Å². The highest BCUT2D eigenvalue weighted by Gasteiger charge is 2.22. The number of nitrogens with one attached hydrogen (secondary N) is 2. The molecule has 1 aliphatic rings. The highest BCUT2D eigenvalue weighted by atomic mass is 16.5. The summed E-state index contributed by atoms with van der Waals surface area (Å²) < 4.78 is 7.91. The van der Waals surface area contributed by atoms with Crippen LogP contribution in [0.1, 0.15) is 29.2 Å². The molecule has 0 fully saturated rings. The van der Waals surface area contributed by atoms with Crippen molar-refractivity contribution in [1.29, 1.82) is 0 Å². The molecule has 2 aromatic carbocycles. The zero-order chi connectivity index (χ0) is 27.9. The largest absolute Gasteiger partial charge is 0.480 e. The first-order valence-electron chi connectivity index (χ1n) is 13.5. The Morgan fingerprint density at radius 1 is 1.18 bits per heavy atom. The Bertz CT molecular complexity index is 1450. The first-order chi connectivity index (χ1) is 19.5.